The van der Waals surface area contributed by atoms with Crippen LogP contribution in [0.4, 0.5) is 4.79 Å². The molecule has 3 unspecified atom stereocenters. The van der Waals surface area contributed by atoms with Crippen molar-refractivity contribution in [2.24, 2.45) is 47.2 Å². The summed E-state index contributed by atoms with van der Waals surface area (Å²) in [5.74, 6) is -7.09. The van der Waals surface area contributed by atoms with Gasteiger partial charge in [0.25, 0.3) is 0 Å². The average Bonchev–Trinajstić information content (AvgIpc) is 3.20. The fourth-order valence-corrected chi connectivity index (χ4v) is 8.43. The molecule has 3 fully saturated rings. The van der Waals surface area contributed by atoms with Crippen LogP contribution < -0.4 is 5.73 Å². The largest absolute Gasteiger partial charge is 0.458 e. The van der Waals surface area contributed by atoms with Crippen LogP contribution in [0.2, 0.25) is 0 Å². The molecule has 0 bridgehead atoms. The lowest BCUT2D eigenvalue weighted by Crippen LogP contribution is -2.58. The van der Waals surface area contributed by atoms with Crippen molar-refractivity contribution in [2.75, 3.05) is 14.1 Å². The molecule has 2 N–H and O–H groups in total. The van der Waals surface area contributed by atoms with E-state index in [0.717, 1.165) is 6.42 Å². The minimum Gasteiger partial charge on any atom is -0.458 e. The highest BCUT2D eigenvalue weighted by atomic mass is 16.7. The van der Waals surface area contributed by atoms with Crippen molar-refractivity contribution < 1.29 is 47.7 Å². The van der Waals surface area contributed by atoms with E-state index in [1.807, 2.05) is 27.9 Å². The first kappa shape index (κ1) is 37.9. The first-order chi connectivity index (χ1) is 21.2. The number of ether oxygens (including phenoxy) is 5. The van der Waals surface area contributed by atoms with Crippen molar-refractivity contribution in [1.29, 1.82) is 0 Å². The highest BCUT2D eigenvalue weighted by Gasteiger charge is 2.60. The number of esters is 2. The Morgan fingerprint density at radius 1 is 0.935 bits per heavy atom. The number of rotatable bonds is 5. The van der Waals surface area contributed by atoms with Gasteiger partial charge in [0.15, 0.2) is 17.7 Å². The summed E-state index contributed by atoms with van der Waals surface area (Å²) in [6.07, 6.45) is -3.11. The van der Waals surface area contributed by atoms with E-state index in [0.29, 0.717) is 6.42 Å². The Kier molecular flexibility index (Phi) is 11.8. The van der Waals surface area contributed by atoms with Crippen molar-refractivity contribution in [2.45, 2.75) is 130 Å². The molecule has 0 aromatic heterocycles. The zero-order valence-electron chi connectivity index (χ0n) is 29.7. The lowest BCUT2D eigenvalue weighted by Gasteiger charge is -2.47. The molecule has 262 valence electrons. The van der Waals surface area contributed by atoms with Gasteiger partial charge in [-0.1, -0.05) is 41.5 Å². The summed E-state index contributed by atoms with van der Waals surface area (Å²) in [5.41, 5.74) is 2.71. The molecule has 0 aromatic rings. The predicted molar refractivity (Wildman–Crippen MR) is 168 cm³/mol. The second-order valence-electron chi connectivity index (χ2n) is 14.7. The van der Waals surface area contributed by atoms with E-state index < -0.39 is 89.0 Å². The van der Waals surface area contributed by atoms with Crippen LogP contribution in [0.3, 0.4) is 0 Å². The summed E-state index contributed by atoms with van der Waals surface area (Å²) in [6, 6.07) is 0.0930. The normalized spacial score (nSPS) is 44.6. The van der Waals surface area contributed by atoms with Gasteiger partial charge >= 0.3 is 18.0 Å². The highest BCUT2D eigenvalue weighted by Crippen LogP contribution is 2.47. The molecule has 0 aromatic carbocycles. The van der Waals surface area contributed by atoms with Gasteiger partial charge in [-0.3, -0.25) is 19.2 Å². The molecule has 14 atom stereocenters. The zero-order valence-corrected chi connectivity index (χ0v) is 29.7. The third-order valence-electron chi connectivity index (χ3n) is 10.9. The molecule has 3 saturated heterocycles. The van der Waals surface area contributed by atoms with Crippen LogP contribution in [-0.4, -0.2) is 90.4 Å². The molecule has 0 aliphatic carbocycles. The third-order valence-corrected chi connectivity index (χ3v) is 10.9. The summed E-state index contributed by atoms with van der Waals surface area (Å²) in [4.78, 5) is 69.5. The van der Waals surface area contributed by atoms with E-state index in [-0.39, 0.29) is 30.3 Å². The van der Waals surface area contributed by atoms with Crippen LogP contribution in [0, 0.1) is 41.4 Å². The third kappa shape index (κ3) is 7.28. The van der Waals surface area contributed by atoms with Crippen molar-refractivity contribution in [1.82, 2.24) is 4.90 Å². The Bertz CT molecular complexity index is 1180. The number of primary amides is 1. The van der Waals surface area contributed by atoms with Gasteiger partial charge in [-0.2, -0.15) is 0 Å². The molecule has 0 radical (unpaired) electrons. The van der Waals surface area contributed by atoms with Gasteiger partial charge in [-0.05, 0) is 61.1 Å². The fourth-order valence-electron chi connectivity index (χ4n) is 8.43. The molecule has 12 nitrogen and oxygen atoms in total. The molecule has 0 spiro atoms. The molecule has 12 heteroatoms. The quantitative estimate of drug-likeness (QED) is 0.261. The molecule has 3 aliphatic heterocycles. The topological polar surface area (TPSA) is 161 Å². The lowest BCUT2D eigenvalue weighted by atomic mass is 9.67. The Morgan fingerprint density at radius 2 is 1.54 bits per heavy atom. The van der Waals surface area contributed by atoms with Gasteiger partial charge in [0.1, 0.15) is 29.5 Å². The minimum atomic E-state index is -1.59. The number of amides is 1. The maximum Gasteiger partial charge on any atom is 0.405 e. The molecular weight excluding hydrogens is 596 g/mol. The average molecular weight is 653 g/mol. The van der Waals surface area contributed by atoms with Gasteiger partial charge in [-0.15, -0.1) is 0 Å². The number of hydrogen-bond acceptors (Lipinski definition) is 11. The Labute approximate surface area is 273 Å². The van der Waals surface area contributed by atoms with Gasteiger partial charge in [-0.25, -0.2) is 4.79 Å². The number of cyclic esters (lactones) is 1. The van der Waals surface area contributed by atoms with Crippen LogP contribution in [0.1, 0.15) is 88.5 Å². The SMILES string of the molecule is CC[C@H]1OC(=O)[C@H](C)C(=O)[C@H](C)[C@@H](O[C@@H]2O[C@H](C)C[C@H](N(C)C)[C@H]2C)[C@](C)(OC(N)=O)C[C@@H](C)C(=O)C(C)C2C(C)C(=O)O[C@@]21C. The summed E-state index contributed by atoms with van der Waals surface area (Å²) < 4.78 is 30.6. The maximum atomic E-state index is 14.2. The first-order valence-corrected chi connectivity index (χ1v) is 16.7. The lowest BCUT2D eigenvalue weighted by molar-refractivity contribution is -0.277. The second-order valence-corrected chi connectivity index (χ2v) is 14.7. The molecular formula is C34H56N2O10. The molecule has 46 heavy (non-hydrogen) atoms. The van der Waals surface area contributed by atoms with E-state index in [9.17, 15) is 24.0 Å². The second kappa shape index (κ2) is 14.3. The number of nitrogens with zero attached hydrogens (tertiary/aromatic N) is 1. The van der Waals surface area contributed by atoms with Crippen LogP contribution in [-0.2, 0) is 42.9 Å². The summed E-state index contributed by atoms with van der Waals surface area (Å²) in [7, 11) is 3.95. The van der Waals surface area contributed by atoms with E-state index in [1.165, 1.54) is 6.92 Å². The summed E-state index contributed by atoms with van der Waals surface area (Å²) in [5, 5.41) is 0. The first-order valence-electron chi connectivity index (χ1n) is 16.7. The Hall–Kier alpha value is -2.57. The molecule has 3 aliphatic rings. The van der Waals surface area contributed by atoms with Crippen LogP contribution in [0.25, 0.3) is 0 Å². The number of Topliss-reactive ketones (excluding diaryl/α,β-unsaturated/α-hetero) is 2. The van der Waals surface area contributed by atoms with Crippen molar-refractivity contribution in [3.05, 3.63) is 0 Å². The minimum absolute atomic E-state index is 0.0438. The Balaban J connectivity index is 2.17. The molecule has 0 saturated carbocycles. The highest BCUT2D eigenvalue weighted by molar-refractivity contribution is 6.00. The molecule has 3 heterocycles. The number of hydrogen-bond donors (Lipinski definition) is 1. The number of nitrogens with two attached hydrogens (primary N) is 1. The van der Waals surface area contributed by atoms with Crippen molar-refractivity contribution >= 4 is 29.6 Å². The van der Waals surface area contributed by atoms with Crippen LogP contribution >= 0.6 is 0 Å². The summed E-state index contributed by atoms with van der Waals surface area (Å²) >= 11 is 0. The fraction of sp³-hybridized carbons (Fsp3) is 0.853. The van der Waals surface area contributed by atoms with Crippen molar-refractivity contribution in [3.8, 4) is 0 Å². The van der Waals surface area contributed by atoms with Crippen LogP contribution in [0.15, 0.2) is 0 Å². The number of carbonyl (C=O) groups excluding carboxylic acids is 5. The predicted octanol–water partition coefficient (Wildman–Crippen LogP) is 3.90. The van der Waals surface area contributed by atoms with Gasteiger partial charge in [0, 0.05) is 35.6 Å². The van der Waals surface area contributed by atoms with Gasteiger partial charge in [0.05, 0.1) is 12.0 Å². The summed E-state index contributed by atoms with van der Waals surface area (Å²) in [6.45, 7) is 17.3. The smallest absolute Gasteiger partial charge is 0.405 e. The standard InChI is InChI=1S/C34H56N2O10/c1-13-24-34(10)25(20(6)30(40)45-34)19(5)26(37)16(2)15-33(9,46-32(35)41)28(21(7)27(38)22(8)29(39)43-24)44-31-18(4)23(36(11)12)14-17(3)42-31/h16-25,28,31H,13-15H2,1-12H3,(H2,35,41)/t16-,17-,18-,19?,20?,21+,22-,23+,24-,25?,28-,31+,33-,34-/m1/s1. The van der Waals surface area contributed by atoms with E-state index in [4.69, 9.17) is 29.4 Å². The van der Waals surface area contributed by atoms with Crippen molar-refractivity contribution in [3.63, 3.8) is 0 Å². The molecule has 3 rings (SSSR count). The van der Waals surface area contributed by atoms with Gasteiger partial charge in [0.2, 0.25) is 0 Å². The Morgan fingerprint density at radius 3 is 2.09 bits per heavy atom. The number of fused-ring (bicyclic) bond motifs is 1. The van der Waals surface area contributed by atoms with E-state index in [1.54, 1.807) is 48.5 Å². The van der Waals surface area contributed by atoms with E-state index >= 15 is 0 Å². The van der Waals surface area contributed by atoms with Crippen LogP contribution in [0.5, 0.6) is 0 Å². The number of carbonyl (C=O) groups is 5. The number of ketones is 2. The zero-order chi connectivity index (χ0) is 35.0. The maximum absolute atomic E-state index is 14.2. The molecule has 1 amide bonds. The monoisotopic (exact) mass is 652 g/mol. The van der Waals surface area contributed by atoms with E-state index in [2.05, 4.69) is 4.90 Å². The van der Waals surface area contributed by atoms with Gasteiger partial charge < -0.3 is 34.3 Å².